The van der Waals surface area contributed by atoms with E-state index in [0.717, 1.165) is 28.9 Å². The smallest absolute Gasteiger partial charge is 0.304 e. The van der Waals surface area contributed by atoms with Crippen molar-refractivity contribution >= 4 is 27.5 Å². The van der Waals surface area contributed by atoms with Crippen molar-refractivity contribution in [1.29, 1.82) is 0 Å². The summed E-state index contributed by atoms with van der Waals surface area (Å²) >= 11 is 1.73. The van der Waals surface area contributed by atoms with E-state index in [-0.39, 0.29) is 11.8 Å². The zero-order valence-electron chi connectivity index (χ0n) is 11.1. The summed E-state index contributed by atoms with van der Waals surface area (Å²) in [5, 5.41) is 10.2. The first kappa shape index (κ1) is 12.6. The molecule has 19 heavy (non-hydrogen) atoms. The zero-order chi connectivity index (χ0) is 13.6. The largest absolute Gasteiger partial charge is 0.481 e. The van der Waals surface area contributed by atoms with Crippen molar-refractivity contribution in [1.82, 2.24) is 4.98 Å². The van der Waals surface area contributed by atoms with E-state index in [9.17, 15) is 4.79 Å². The fourth-order valence-electron chi connectivity index (χ4n) is 2.53. The Balaban J connectivity index is 2.00. The van der Waals surface area contributed by atoms with Gasteiger partial charge in [0.25, 0.3) is 0 Å². The van der Waals surface area contributed by atoms with Gasteiger partial charge in [0.2, 0.25) is 0 Å². The molecule has 1 N–H and O–H groups in total. The summed E-state index contributed by atoms with van der Waals surface area (Å²) < 4.78 is 1.19. The Morgan fingerprint density at radius 2 is 2.21 bits per heavy atom. The lowest BCUT2D eigenvalue weighted by atomic mass is 9.92. The highest BCUT2D eigenvalue weighted by molar-refractivity contribution is 7.18. The lowest BCUT2D eigenvalue weighted by Crippen LogP contribution is -2.12. The Hall–Kier alpha value is -1.42. The first-order valence-electron chi connectivity index (χ1n) is 6.63. The number of thiazole rings is 1. The molecule has 3 rings (SSSR count). The lowest BCUT2D eigenvalue weighted by molar-refractivity contribution is -0.137. The predicted molar refractivity (Wildman–Crippen MR) is 76.9 cm³/mol. The van der Waals surface area contributed by atoms with E-state index < -0.39 is 5.97 Å². The number of fused-ring (bicyclic) bond motifs is 1. The summed E-state index contributed by atoms with van der Waals surface area (Å²) in [6.07, 6.45) is 2.19. The average molecular weight is 275 g/mol. The molecule has 0 atom stereocenters. The van der Waals surface area contributed by atoms with Gasteiger partial charge < -0.3 is 5.11 Å². The van der Waals surface area contributed by atoms with Gasteiger partial charge in [-0.1, -0.05) is 19.9 Å². The molecule has 1 saturated carbocycles. The van der Waals surface area contributed by atoms with E-state index in [1.165, 1.54) is 4.70 Å². The van der Waals surface area contributed by atoms with Crippen molar-refractivity contribution in [3.63, 3.8) is 0 Å². The van der Waals surface area contributed by atoms with Gasteiger partial charge in [-0.05, 0) is 30.5 Å². The molecule has 0 unspecified atom stereocenters. The van der Waals surface area contributed by atoms with Gasteiger partial charge in [0.05, 0.1) is 21.6 Å². The van der Waals surface area contributed by atoms with E-state index in [2.05, 4.69) is 37.0 Å². The number of carboxylic acids is 1. The van der Waals surface area contributed by atoms with Crippen molar-refractivity contribution in [3.05, 3.63) is 28.8 Å². The number of nitrogens with zero attached hydrogens (tertiary/aromatic N) is 1. The van der Waals surface area contributed by atoms with Gasteiger partial charge in [-0.3, -0.25) is 4.79 Å². The molecule has 1 aromatic carbocycles. The average Bonchev–Trinajstić information content (AvgIpc) is 2.98. The molecule has 0 radical (unpaired) electrons. The van der Waals surface area contributed by atoms with Gasteiger partial charge in [0.1, 0.15) is 0 Å². The number of benzene rings is 1. The van der Waals surface area contributed by atoms with Crippen LogP contribution in [0.3, 0.4) is 0 Å². The fraction of sp³-hybridized carbons (Fsp3) is 0.467. The third-order valence-electron chi connectivity index (χ3n) is 3.85. The Labute approximate surface area is 116 Å². The summed E-state index contributed by atoms with van der Waals surface area (Å²) in [6.45, 7) is 4.29. The first-order valence-corrected chi connectivity index (χ1v) is 7.45. The first-order chi connectivity index (χ1) is 9.00. The Bertz CT molecular complexity index is 641. The van der Waals surface area contributed by atoms with Crippen LogP contribution in [0.25, 0.3) is 10.2 Å². The third kappa shape index (κ3) is 2.25. The van der Waals surface area contributed by atoms with Crippen LogP contribution >= 0.6 is 11.3 Å². The minimum absolute atomic E-state index is 0.123. The third-order valence-corrected chi connectivity index (χ3v) is 5.19. The van der Waals surface area contributed by atoms with E-state index in [1.807, 2.05) is 0 Å². The monoisotopic (exact) mass is 275 g/mol. The maximum atomic E-state index is 11.0. The highest BCUT2D eigenvalue weighted by Crippen LogP contribution is 2.51. The van der Waals surface area contributed by atoms with E-state index in [0.29, 0.717) is 5.92 Å². The van der Waals surface area contributed by atoms with E-state index in [1.54, 1.807) is 11.3 Å². The second kappa shape index (κ2) is 4.30. The molecule has 0 saturated heterocycles. The molecule has 3 nitrogen and oxygen atoms in total. The van der Waals surface area contributed by atoms with Gasteiger partial charge in [0, 0.05) is 11.3 Å². The predicted octanol–water partition coefficient (Wildman–Crippen LogP) is 3.93. The quantitative estimate of drug-likeness (QED) is 0.919. The maximum Gasteiger partial charge on any atom is 0.304 e. The van der Waals surface area contributed by atoms with Crippen LogP contribution in [0.4, 0.5) is 0 Å². The summed E-state index contributed by atoms with van der Waals surface area (Å²) in [4.78, 5) is 15.6. The zero-order valence-corrected chi connectivity index (χ0v) is 12.0. The molecule has 1 aliphatic rings. The van der Waals surface area contributed by atoms with Crippen molar-refractivity contribution in [2.75, 3.05) is 0 Å². The molecule has 0 aliphatic heterocycles. The number of hydrogen-bond acceptors (Lipinski definition) is 3. The Morgan fingerprint density at radius 1 is 1.47 bits per heavy atom. The van der Waals surface area contributed by atoms with Crippen LogP contribution in [0, 0.1) is 0 Å². The van der Waals surface area contributed by atoms with Crippen LogP contribution in [-0.2, 0) is 10.2 Å². The van der Waals surface area contributed by atoms with Crippen molar-refractivity contribution < 1.29 is 9.90 Å². The number of rotatable bonds is 4. The molecule has 0 spiro atoms. The molecule has 100 valence electrons. The summed E-state index contributed by atoms with van der Waals surface area (Å²) in [6, 6.07) is 6.27. The number of aromatic nitrogens is 1. The molecular weight excluding hydrogens is 258 g/mol. The highest BCUT2D eigenvalue weighted by atomic mass is 32.1. The Kier molecular flexibility index (Phi) is 2.86. The number of aliphatic carboxylic acids is 1. The maximum absolute atomic E-state index is 11.0. The summed E-state index contributed by atoms with van der Waals surface area (Å²) in [5.74, 6) is -0.270. The molecule has 1 fully saturated rings. The minimum atomic E-state index is -0.709. The molecule has 1 aromatic heterocycles. The Morgan fingerprint density at radius 3 is 2.79 bits per heavy atom. The van der Waals surface area contributed by atoms with Gasteiger partial charge >= 0.3 is 5.97 Å². The number of carbonyl (C=O) groups is 1. The van der Waals surface area contributed by atoms with Gasteiger partial charge in [-0.15, -0.1) is 11.3 Å². The SMILES string of the molecule is CC(C)c1nc2cc(C3(CC(=O)O)CC3)ccc2s1. The second-order valence-electron chi connectivity index (χ2n) is 5.74. The highest BCUT2D eigenvalue weighted by Gasteiger charge is 2.46. The van der Waals surface area contributed by atoms with Crippen molar-refractivity contribution in [3.8, 4) is 0 Å². The standard InChI is InChI=1S/C15H17NO2S/c1-9(2)14-16-11-7-10(3-4-12(11)19-14)15(5-6-15)8-13(17)18/h3-4,7,9H,5-6,8H2,1-2H3,(H,17,18). The van der Waals surface area contributed by atoms with Gasteiger partial charge in [-0.25, -0.2) is 4.98 Å². The van der Waals surface area contributed by atoms with Crippen molar-refractivity contribution in [2.45, 2.75) is 44.4 Å². The van der Waals surface area contributed by atoms with E-state index in [4.69, 9.17) is 5.11 Å². The number of carboxylic acid groups (broad SMARTS) is 1. The lowest BCUT2D eigenvalue weighted by Gasteiger charge is -2.12. The number of hydrogen-bond donors (Lipinski definition) is 1. The van der Waals surface area contributed by atoms with Crippen LogP contribution in [0.15, 0.2) is 18.2 Å². The summed E-state index contributed by atoms with van der Waals surface area (Å²) in [7, 11) is 0. The van der Waals surface area contributed by atoms with Crippen LogP contribution in [-0.4, -0.2) is 16.1 Å². The molecule has 1 heterocycles. The normalized spacial score (nSPS) is 17.0. The van der Waals surface area contributed by atoms with Crippen LogP contribution in [0.1, 0.15) is 49.6 Å². The fourth-order valence-corrected chi connectivity index (χ4v) is 3.48. The molecule has 4 heteroatoms. The molecular formula is C15H17NO2S. The molecule has 0 amide bonds. The van der Waals surface area contributed by atoms with Gasteiger partial charge in [0.15, 0.2) is 0 Å². The minimum Gasteiger partial charge on any atom is -0.481 e. The van der Waals surface area contributed by atoms with E-state index >= 15 is 0 Å². The summed E-state index contributed by atoms with van der Waals surface area (Å²) in [5.41, 5.74) is 2.03. The molecule has 0 bridgehead atoms. The second-order valence-corrected chi connectivity index (χ2v) is 6.80. The van der Waals surface area contributed by atoms with Crippen LogP contribution in [0.5, 0.6) is 0 Å². The van der Waals surface area contributed by atoms with Crippen LogP contribution in [0.2, 0.25) is 0 Å². The van der Waals surface area contributed by atoms with Gasteiger partial charge in [-0.2, -0.15) is 0 Å². The van der Waals surface area contributed by atoms with Crippen LogP contribution < -0.4 is 0 Å². The topological polar surface area (TPSA) is 50.2 Å². The van der Waals surface area contributed by atoms with Crippen molar-refractivity contribution in [2.24, 2.45) is 0 Å². The molecule has 1 aliphatic carbocycles. The molecule has 2 aromatic rings.